The molecule has 7 heteroatoms. The first-order chi connectivity index (χ1) is 16.1. The maximum absolute atomic E-state index is 13.9. The molecule has 2 N–H and O–H groups in total. The number of amides is 2. The quantitative estimate of drug-likeness (QED) is 0.668. The van der Waals surface area contributed by atoms with Crippen molar-refractivity contribution in [2.45, 2.75) is 37.6 Å². The molecule has 2 amide bonds. The Balaban J connectivity index is 1.48. The van der Waals surface area contributed by atoms with Crippen molar-refractivity contribution in [3.8, 4) is 11.3 Å². The zero-order valence-electron chi connectivity index (χ0n) is 18.7. The summed E-state index contributed by atoms with van der Waals surface area (Å²) in [5.41, 5.74) is 7.98. The minimum atomic E-state index is -0.655. The topological polar surface area (TPSA) is 92.4 Å². The Kier molecular flexibility index (Phi) is 5.81. The van der Waals surface area contributed by atoms with E-state index in [4.69, 9.17) is 5.73 Å². The van der Waals surface area contributed by atoms with Crippen molar-refractivity contribution >= 4 is 22.7 Å². The monoisotopic (exact) mass is 443 g/mol. The molecule has 0 atom stereocenters. The Bertz CT molecular complexity index is 1170. The molecule has 2 saturated heterocycles. The van der Waals surface area contributed by atoms with Gasteiger partial charge in [0.1, 0.15) is 11.2 Å². The zero-order chi connectivity index (χ0) is 22.8. The van der Waals surface area contributed by atoms with Gasteiger partial charge in [0.15, 0.2) is 0 Å². The van der Waals surface area contributed by atoms with Crippen molar-refractivity contribution in [2.75, 3.05) is 26.2 Å². The molecule has 0 unspecified atom stereocenters. The molecule has 7 nitrogen and oxygen atoms in total. The normalized spacial score (nSPS) is 18.8. The Morgan fingerprint density at radius 1 is 0.818 bits per heavy atom. The van der Waals surface area contributed by atoms with Crippen molar-refractivity contribution < 1.29 is 9.59 Å². The van der Waals surface area contributed by atoms with Gasteiger partial charge in [0.2, 0.25) is 5.91 Å². The van der Waals surface area contributed by atoms with Crippen LogP contribution in [0.1, 0.15) is 42.5 Å². The summed E-state index contributed by atoms with van der Waals surface area (Å²) in [6.07, 6.45) is 4.50. The lowest BCUT2D eigenvalue weighted by Crippen LogP contribution is -2.63. The van der Waals surface area contributed by atoms with Gasteiger partial charge in [0, 0.05) is 24.0 Å². The van der Waals surface area contributed by atoms with Gasteiger partial charge < -0.3 is 10.6 Å². The molecule has 0 saturated carbocycles. The first-order valence-electron chi connectivity index (χ1n) is 11.8. The summed E-state index contributed by atoms with van der Waals surface area (Å²) >= 11 is 0. The van der Waals surface area contributed by atoms with Gasteiger partial charge in [-0.25, -0.2) is 0 Å². The van der Waals surface area contributed by atoms with Crippen LogP contribution in [0.4, 0.5) is 0 Å². The van der Waals surface area contributed by atoms with Crippen LogP contribution >= 0.6 is 0 Å². The van der Waals surface area contributed by atoms with Crippen LogP contribution in [-0.4, -0.2) is 63.5 Å². The van der Waals surface area contributed by atoms with Gasteiger partial charge in [-0.15, -0.1) is 10.2 Å². The number of nitrogens with two attached hydrogens (primary N) is 1. The highest BCUT2D eigenvalue weighted by Gasteiger charge is 2.46. The maximum atomic E-state index is 13.9. The third-order valence-corrected chi connectivity index (χ3v) is 7.23. The second-order valence-corrected chi connectivity index (χ2v) is 9.04. The molecule has 0 spiro atoms. The number of carbonyl (C=O) groups excluding carboxylic acids is 2. The number of rotatable bonds is 4. The highest BCUT2D eigenvalue weighted by molar-refractivity contribution is 6.10. The highest BCUT2D eigenvalue weighted by atomic mass is 16.2. The number of benzene rings is 2. The summed E-state index contributed by atoms with van der Waals surface area (Å²) in [5.74, 6) is -0.339. The average molecular weight is 444 g/mol. The predicted molar refractivity (Wildman–Crippen MR) is 127 cm³/mol. The second-order valence-electron chi connectivity index (χ2n) is 9.04. The standard InChI is InChI=1S/C26H29N5O2/c27-25(33)26(31-15-7-2-8-16-31)13-17-30(18-14-26)24(32)22-20-11-5-6-12-21(20)28-29-23(22)19-9-3-1-4-10-19/h1,3-6,9-12H,2,7-8,13-18H2,(H2,27,33). The van der Waals surface area contributed by atoms with E-state index in [0.29, 0.717) is 42.7 Å². The van der Waals surface area contributed by atoms with Crippen molar-refractivity contribution in [1.29, 1.82) is 0 Å². The average Bonchev–Trinajstić information content (AvgIpc) is 2.88. The molecule has 33 heavy (non-hydrogen) atoms. The summed E-state index contributed by atoms with van der Waals surface area (Å²) in [6.45, 7) is 2.77. The number of hydrogen-bond acceptors (Lipinski definition) is 5. The number of piperidine rings is 2. The Morgan fingerprint density at radius 2 is 1.48 bits per heavy atom. The summed E-state index contributed by atoms with van der Waals surface area (Å²) in [7, 11) is 0. The molecule has 2 aliphatic heterocycles. The number of fused-ring (bicyclic) bond motifs is 1. The van der Waals surface area contributed by atoms with Gasteiger partial charge in [0.25, 0.3) is 5.91 Å². The van der Waals surface area contributed by atoms with E-state index in [1.54, 1.807) is 0 Å². The lowest BCUT2D eigenvalue weighted by Gasteiger charge is -2.48. The molecule has 3 aromatic rings. The largest absolute Gasteiger partial charge is 0.368 e. The van der Waals surface area contributed by atoms with Crippen molar-refractivity contribution in [2.24, 2.45) is 5.73 Å². The number of primary amides is 1. The van der Waals surface area contributed by atoms with Gasteiger partial charge in [-0.2, -0.15) is 0 Å². The van der Waals surface area contributed by atoms with E-state index in [0.717, 1.165) is 36.9 Å². The van der Waals surface area contributed by atoms with Crippen LogP contribution in [0.2, 0.25) is 0 Å². The minimum absolute atomic E-state index is 0.0725. The van der Waals surface area contributed by atoms with Gasteiger partial charge in [-0.1, -0.05) is 55.0 Å². The molecule has 0 bridgehead atoms. The van der Waals surface area contributed by atoms with Gasteiger partial charge in [-0.05, 0) is 44.8 Å². The van der Waals surface area contributed by atoms with Gasteiger partial charge in [-0.3, -0.25) is 14.5 Å². The van der Waals surface area contributed by atoms with Crippen LogP contribution in [0.15, 0.2) is 54.6 Å². The maximum Gasteiger partial charge on any atom is 0.256 e. The molecular weight excluding hydrogens is 414 g/mol. The van der Waals surface area contributed by atoms with Crippen molar-refractivity contribution in [3.63, 3.8) is 0 Å². The second kappa shape index (κ2) is 8.90. The first kappa shape index (κ1) is 21.5. The van der Waals surface area contributed by atoms with Crippen molar-refractivity contribution in [3.05, 3.63) is 60.2 Å². The third-order valence-electron chi connectivity index (χ3n) is 7.23. The summed E-state index contributed by atoms with van der Waals surface area (Å²) in [5, 5.41) is 9.60. The van der Waals surface area contributed by atoms with E-state index >= 15 is 0 Å². The van der Waals surface area contributed by atoms with Gasteiger partial charge >= 0.3 is 0 Å². The predicted octanol–water partition coefficient (Wildman–Crippen LogP) is 3.24. The lowest BCUT2D eigenvalue weighted by molar-refractivity contribution is -0.134. The van der Waals surface area contributed by atoms with E-state index in [1.807, 2.05) is 59.5 Å². The first-order valence-corrected chi connectivity index (χ1v) is 11.8. The Hall–Kier alpha value is -3.32. The third kappa shape index (κ3) is 3.86. The fourth-order valence-electron chi connectivity index (χ4n) is 5.35. The van der Waals surface area contributed by atoms with E-state index in [9.17, 15) is 9.59 Å². The molecule has 2 aromatic carbocycles. The van der Waals surface area contributed by atoms with Crippen LogP contribution in [0.5, 0.6) is 0 Å². The smallest absolute Gasteiger partial charge is 0.256 e. The fraction of sp³-hybridized carbons (Fsp3) is 0.385. The minimum Gasteiger partial charge on any atom is -0.368 e. The highest BCUT2D eigenvalue weighted by Crippen LogP contribution is 2.34. The van der Waals surface area contributed by atoms with Crippen LogP contribution in [-0.2, 0) is 4.79 Å². The van der Waals surface area contributed by atoms with Crippen molar-refractivity contribution in [1.82, 2.24) is 20.0 Å². The van der Waals surface area contributed by atoms with Crippen LogP contribution in [0.3, 0.4) is 0 Å². The number of hydrogen-bond donors (Lipinski definition) is 1. The summed E-state index contributed by atoms with van der Waals surface area (Å²) in [4.78, 5) is 30.6. The van der Waals surface area contributed by atoms with E-state index in [-0.39, 0.29) is 11.8 Å². The number of nitrogens with zero attached hydrogens (tertiary/aromatic N) is 4. The molecule has 3 heterocycles. The van der Waals surface area contributed by atoms with Gasteiger partial charge in [0.05, 0.1) is 11.1 Å². The Morgan fingerprint density at radius 3 is 2.18 bits per heavy atom. The van der Waals surface area contributed by atoms with E-state index in [2.05, 4.69) is 15.1 Å². The van der Waals surface area contributed by atoms with Crippen LogP contribution < -0.4 is 5.73 Å². The van der Waals surface area contributed by atoms with E-state index < -0.39 is 5.54 Å². The molecule has 2 aliphatic rings. The summed E-state index contributed by atoms with van der Waals surface area (Å²) in [6, 6.07) is 17.3. The number of aromatic nitrogens is 2. The molecular formula is C26H29N5O2. The molecule has 2 fully saturated rings. The SMILES string of the molecule is NC(=O)C1(N2CCCCC2)CCN(C(=O)c2c(-c3ccccc3)nnc3ccccc23)CC1. The van der Waals surface area contributed by atoms with E-state index in [1.165, 1.54) is 6.42 Å². The molecule has 1 aromatic heterocycles. The number of carbonyl (C=O) groups is 2. The summed E-state index contributed by atoms with van der Waals surface area (Å²) < 4.78 is 0. The molecule has 0 radical (unpaired) electrons. The lowest BCUT2D eigenvalue weighted by atomic mass is 9.83. The Labute approximate surface area is 193 Å². The fourth-order valence-corrected chi connectivity index (χ4v) is 5.35. The van der Waals surface area contributed by atoms with Crippen LogP contribution in [0.25, 0.3) is 22.2 Å². The number of likely N-dealkylation sites (tertiary alicyclic amines) is 2. The van der Waals surface area contributed by atoms with Crippen LogP contribution in [0, 0.1) is 0 Å². The zero-order valence-corrected chi connectivity index (χ0v) is 18.7. The molecule has 170 valence electrons. The molecule has 0 aliphatic carbocycles. The molecule has 5 rings (SSSR count).